The van der Waals surface area contributed by atoms with E-state index in [1.165, 1.54) is 0 Å². The molecule has 0 unspecified atom stereocenters. The average Bonchev–Trinajstić information content (AvgIpc) is 2.74. The molecule has 0 aliphatic carbocycles. The third-order valence-electron chi connectivity index (χ3n) is 5.22. The van der Waals surface area contributed by atoms with Gasteiger partial charge in [0.2, 0.25) is 0 Å². The Balaban J connectivity index is 1.27. The van der Waals surface area contributed by atoms with Crippen molar-refractivity contribution in [3.8, 4) is 5.75 Å². The fraction of sp³-hybridized carbons (Fsp3) is 0.261. The van der Waals surface area contributed by atoms with E-state index in [9.17, 15) is 4.79 Å². The molecule has 1 aliphatic rings. The van der Waals surface area contributed by atoms with Gasteiger partial charge >= 0.3 is 0 Å². The van der Waals surface area contributed by atoms with Crippen LogP contribution in [0.4, 0.5) is 0 Å². The van der Waals surface area contributed by atoms with E-state index in [4.69, 9.17) is 27.9 Å². The highest BCUT2D eigenvalue weighted by atomic mass is 35.5. The van der Waals surface area contributed by atoms with Gasteiger partial charge in [-0.2, -0.15) is 0 Å². The lowest BCUT2D eigenvalue weighted by molar-refractivity contribution is -0.135. The number of rotatable bonds is 5. The third kappa shape index (κ3) is 5.02. The van der Waals surface area contributed by atoms with Crippen molar-refractivity contribution in [2.24, 2.45) is 0 Å². The van der Waals surface area contributed by atoms with Crippen LogP contribution in [0.3, 0.4) is 0 Å². The summed E-state index contributed by atoms with van der Waals surface area (Å²) in [4.78, 5) is 16.7. The van der Waals surface area contributed by atoms with Gasteiger partial charge in [-0.3, -0.25) is 9.69 Å². The summed E-state index contributed by atoms with van der Waals surface area (Å²) < 4.78 is 5.74. The monoisotopic (exact) mass is 428 g/mol. The molecule has 150 valence electrons. The van der Waals surface area contributed by atoms with E-state index in [1.807, 2.05) is 53.4 Å². The van der Waals surface area contributed by atoms with Gasteiger partial charge in [0, 0.05) is 42.8 Å². The zero-order valence-electron chi connectivity index (χ0n) is 16.0. The minimum absolute atomic E-state index is 0.0160. The molecule has 0 saturated carbocycles. The Morgan fingerprint density at radius 2 is 1.66 bits per heavy atom. The zero-order chi connectivity index (χ0) is 20.2. The molecule has 0 radical (unpaired) electrons. The SMILES string of the molecule is O=C(COc1ccc2ccccc2c1)N1CCN(Cc2ccc(Cl)cc2Cl)CC1. The van der Waals surface area contributed by atoms with Crippen molar-refractivity contribution in [3.63, 3.8) is 0 Å². The van der Waals surface area contributed by atoms with Gasteiger partial charge in [-0.05, 0) is 40.6 Å². The van der Waals surface area contributed by atoms with Gasteiger partial charge in [-0.1, -0.05) is 59.6 Å². The summed E-state index contributed by atoms with van der Waals surface area (Å²) in [5.74, 6) is 0.732. The zero-order valence-corrected chi connectivity index (χ0v) is 17.5. The van der Waals surface area contributed by atoms with Crippen molar-refractivity contribution >= 4 is 39.9 Å². The number of carbonyl (C=O) groups excluding carboxylic acids is 1. The quantitative estimate of drug-likeness (QED) is 0.580. The summed E-state index contributed by atoms with van der Waals surface area (Å²) in [5.41, 5.74) is 1.05. The second-order valence-corrected chi connectivity index (χ2v) is 8.03. The second kappa shape index (κ2) is 9.04. The maximum atomic E-state index is 12.5. The lowest BCUT2D eigenvalue weighted by Gasteiger charge is -2.34. The first kappa shape index (κ1) is 20.0. The highest BCUT2D eigenvalue weighted by Crippen LogP contribution is 2.23. The number of benzene rings is 3. The van der Waals surface area contributed by atoms with Crippen LogP contribution in [0.2, 0.25) is 10.0 Å². The van der Waals surface area contributed by atoms with Crippen LogP contribution in [0.15, 0.2) is 60.7 Å². The molecular formula is C23H22Cl2N2O2. The van der Waals surface area contributed by atoms with Gasteiger partial charge in [0.1, 0.15) is 5.75 Å². The van der Waals surface area contributed by atoms with Crippen molar-refractivity contribution < 1.29 is 9.53 Å². The van der Waals surface area contributed by atoms with Gasteiger partial charge in [0.25, 0.3) is 5.91 Å². The summed E-state index contributed by atoms with van der Waals surface area (Å²) in [7, 11) is 0. The number of carbonyl (C=O) groups is 1. The van der Waals surface area contributed by atoms with Crippen molar-refractivity contribution in [1.29, 1.82) is 0 Å². The van der Waals surface area contributed by atoms with Crippen molar-refractivity contribution in [1.82, 2.24) is 9.80 Å². The first-order valence-corrected chi connectivity index (χ1v) is 10.4. The number of piperazine rings is 1. The van der Waals surface area contributed by atoms with Crippen LogP contribution in [0.25, 0.3) is 10.8 Å². The Hall–Kier alpha value is -2.27. The third-order valence-corrected chi connectivity index (χ3v) is 5.80. The van der Waals surface area contributed by atoms with E-state index < -0.39 is 0 Å². The van der Waals surface area contributed by atoms with E-state index in [1.54, 1.807) is 6.07 Å². The molecule has 1 amide bonds. The van der Waals surface area contributed by atoms with E-state index >= 15 is 0 Å². The van der Waals surface area contributed by atoms with E-state index in [0.29, 0.717) is 28.9 Å². The molecule has 3 aromatic carbocycles. The first-order valence-electron chi connectivity index (χ1n) is 9.64. The molecule has 0 spiro atoms. The van der Waals surface area contributed by atoms with Crippen LogP contribution in [0.5, 0.6) is 5.75 Å². The van der Waals surface area contributed by atoms with Gasteiger partial charge in [-0.15, -0.1) is 0 Å². The maximum absolute atomic E-state index is 12.5. The Morgan fingerprint density at radius 3 is 2.41 bits per heavy atom. The van der Waals surface area contributed by atoms with Crippen molar-refractivity contribution in [3.05, 3.63) is 76.3 Å². The first-order chi connectivity index (χ1) is 14.1. The topological polar surface area (TPSA) is 32.8 Å². The fourth-order valence-electron chi connectivity index (χ4n) is 3.54. The van der Waals surface area contributed by atoms with Crippen LogP contribution in [-0.2, 0) is 11.3 Å². The Kier molecular flexibility index (Phi) is 6.24. The smallest absolute Gasteiger partial charge is 0.260 e. The van der Waals surface area contributed by atoms with Gasteiger partial charge in [0.15, 0.2) is 6.61 Å². The minimum Gasteiger partial charge on any atom is -0.484 e. The van der Waals surface area contributed by atoms with Crippen LogP contribution in [0.1, 0.15) is 5.56 Å². The molecule has 1 fully saturated rings. The number of fused-ring (bicyclic) bond motifs is 1. The summed E-state index contributed by atoms with van der Waals surface area (Å²) in [6, 6.07) is 19.6. The van der Waals surface area contributed by atoms with Gasteiger partial charge < -0.3 is 9.64 Å². The molecule has 29 heavy (non-hydrogen) atoms. The predicted octanol–water partition coefficient (Wildman–Crippen LogP) is 4.87. The number of hydrogen-bond acceptors (Lipinski definition) is 3. The molecule has 1 heterocycles. The number of halogens is 2. The average molecular weight is 429 g/mol. The van der Waals surface area contributed by atoms with Crippen molar-refractivity contribution in [2.45, 2.75) is 6.54 Å². The van der Waals surface area contributed by atoms with Crippen LogP contribution in [-0.4, -0.2) is 48.5 Å². The summed E-state index contributed by atoms with van der Waals surface area (Å²) >= 11 is 12.2. The highest BCUT2D eigenvalue weighted by molar-refractivity contribution is 6.35. The lowest BCUT2D eigenvalue weighted by atomic mass is 10.1. The molecule has 0 atom stereocenters. The van der Waals surface area contributed by atoms with Crippen LogP contribution in [0, 0.1) is 0 Å². The summed E-state index contributed by atoms with van der Waals surface area (Å²) in [6.07, 6.45) is 0. The summed E-state index contributed by atoms with van der Waals surface area (Å²) in [5, 5.41) is 3.58. The maximum Gasteiger partial charge on any atom is 0.260 e. The molecule has 0 N–H and O–H groups in total. The standard InChI is InChI=1S/C23H22Cl2N2O2/c24-20-7-5-19(22(25)14-20)15-26-9-11-27(12-10-26)23(28)16-29-21-8-6-17-3-1-2-4-18(17)13-21/h1-8,13-14H,9-12,15-16H2. The van der Waals surface area contributed by atoms with Crippen LogP contribution < -0.4 is 4.74 Å². The summed E-state index contributed by atoms with van der Waals surface area (Å²) in [6.45, 7) is 3.80. The number of ether oxygens (including phenoxy) is 1. The molecular weight excluding hydrogens is 407 g/mol. The largest absolute Gasteiger partial charge is 0.484 e. The van der Waals surface area contributed by atoms with Gasteiger partial charge in [-0.25, -0.2) is 0 Å². The predicted molar refractivity (Wildman–Crippen MR) is 118 cm³/mol. The normalized spacial score (nSPS) is 14.9. The van der Waals surface area contributed by atoms with E-state index in [2.05, 4.69) is 11.0 Å². The number of hydrogen-bond donors (Lipinski definition) is 0. The fourth-order valence-corrected chi connectivity index (χ4v) is 4.01. The molecule has 4 nitrogen and oxygen atoms in total. The number of amides is 1. The van der Waals surface area contributed by atoms with Crippen LogP contribution >= 0.6 is 23.2 Å². The Morgan fingerprint density at radius 1 is 0.897 bits per heavy atom. The molecule has 1 aliphatic heterocycles. The molecule has 0 aromatic heterocycles. The van der Waals surface area contributed by atoms with E-state index in [0.717, 1.165) is 36.0 Å². The molecule has 0 bridgehead atoms. The molecule has 4 rings (SSSR count). The van der Waals surface area contributed by atoms with Crippen molar-refractivity contribution in [2.75, 3.05) is 32.8 Å². The number of nitrogens with zero attached hydrogens (tertiary/aromatic N) is 2. The second-order valence-electron chi connectivity index (χ2n) is 7.19. The Labute approximate surface area is 180 Å². The van der Waals surface area contributed by atoms with Gasteiger partial charge in [0.05, 0.1) is 0 Å². The Bertz CT molecular complexity index is 1020. The molecule has 3 aromatic rings. The van der Waals surface area contributed by atoms with E-state index in [-0.39, 0.29) is 12.5 Å². The lowest BCUT2D eigenvalue weighted by Crippen LogP contribution is -2.49. The minimum atomic E-state index is 0.0160. The highest BCUT2D eigenvalue weighted by Gasteiger charge is 2.22. The molecule has 1 saturated heterocycles. The molecule has 6 heteroatoms.